The second-order valence-electron chi connectivity index (χ2n) is 13.3. The molecule has 0 saturated carbocycles. The molecule has 252 valence electrons. The molecule has 0 unspecified atom stereocenters. The van der Waals surface area contributed by atoms with Crippen LogP contribution in [0.4, 0.5) is 0 Å². The summed E-state index contributed by atoms with van der Waals surface area (Å²) in [6.07, 6.45) is 0. The van der Waals surface area contributed by atoms with Crippen molar-refractivity contribution < 1.29 is 17.9 Å². The van der Waals surface area contributed by atoms with Crippen molar-refractivity contribution in [3.05, 3.63) is 101 Å². The number of methoxy groups -OCH3 is 1. The lowest BCUT2D eigenvalue weighted by atomic mass is 9.94. The molecule has 0 fully saturated rings. The van der Waals surface area contributed by atoms with E-state index in [1.165, 1.54) is 0 Å². The Kier molecular flexibility index (Phi) is 11.9. The van der Waals surface area contributed by atoms with E-state index in [1.807, 2.05) is 47.2 Å². The molecular weight excluding hydrogens is 609 g/mol. The largest absolute Gasteiger partial charge is 0.496 e. The summed E-state index contributed by atoms with van der Waals surface area (Å²) in [5.74, 6) is 2.28. The summed E-state index contributed by atoms with van der Waals surface area (Å²) in [5, 5.41) is 0. The van der Waals surface area contributed by atoms with Crippen LogP contribution in [0.1, 0.15) is 27.8 Å². The predicted molar refractivity (Wildman–Crippen MR) is 191 cm³/mol. The first-order valence-corrected chi connectivity index (χ1v) is 17.2. The van der Waals surface area contributed by atoms with E-state index in [4.69, 9.17) is 9.47 Å². The molecule has 0 radical (unpaired) electrons. The molecule has 0 aliphatic rings. The number of sulfone groups is 1. The third kappa shape index (κ3) is 9.21. The van der Waals surface area contributed by atoms with E-state index in [0.717, 1.165) is 63.5 Å². The van der Waals surface area contributed by atoms with Gasteiger partial charge in [0, 0.05) is 48.4 Å². The minimum Gasteiger partial charge on any atom is -0.496 e. The Hall–Kier alpha value is -3.73. The molecule has 4 aromatic carbocycles. The summed E-state index contributed by atoms with van der Waals surface area (Å²) < 4.78 is 39.1. The van der Waals surface area contributed by atoms with Gasteiger partial charge in [-0.3, -0.25) is 0 Å². The minimum atomic E-state index is -3.64. The molecule has 8 nitrogen and oxygen atoms in total. The summed E-state index contributed by atoms with van der Waals surface area (Å²) in [6, 6.07) is 22.5. The van der Waals surface area contributed by atoms with Crippen molar-refractivity contribution in [1.29, 1.82) is 0 Å². The lowest BCUT2D eigenvalue weighted by molar-refractivity contribution is 0.354. The average Bonchev–Trinajstić information content (AvgIpc) is 2.98. The molecule has 0 atom stereocenters. The second kappa shape index (κ2) is 15.4. The topological polar surface area (TPSA) is 65.6 Å². The van der Waals surface area contributed by atoms with Crippen LogP contribution >= 0.6 is 0 Å². The highest BCUT2D eigenvalue weighted by Crippen LogP contribution is 2.39. The Morgan fingerprint density at radius 3 is 1.21 bits per heavy atom. The van der Waals surface area contributed by atoms with E-state index >= 15 is 0 Å². The number of benzene rings is 4. The Balaban J connectivity index is 1.81. The molecule has 9 heteroatoms. The molecule has 4 aromatic rings. The highest BCUT2D eigenvalue weighted by atomic mass is 32.2. The SMILES string of the molecule is COc1c(CN(C)C)cc(-c2cc(CN(C)C)c(Oc3ccc(S(=O)(=O)c4ccc(C)cc4)cc3)c(CN(C)C)c2)cc1CN(C)C. The van der Waals surface area contributed by atoms with Crippen LogP contribution in [0.3, 0.4) is 0 Å². The first kappa shape index (κ1) is 36.1. The van der Waals surface area contributed by atoms with Gasteiger partial charge in [0.2, 0.25) is 9.84 Å². The predicted octanol–water partition coefficient (Wildman–Crippen LogP) is 6.54. The molecule has 47 heavy (non-hydrogen) atoms. The van der Waals surface area contributed by atoms with Gasteiger partial charge in [-0.25, -0.2) is 8.42 Å². The van der Waals surface area contributed by atoms with Gasteiger partial charge in [-0.1, -0.05) is 17.7 Å². The molecule has 0 saturated heterocycles. The maximum Gasteiger partial charge on any atom is 0.206 e. The maximum atomic E-state index is 13.3. The summed E-state index contributed by atoms with van der Waals surface area (Å²) in [6.45, 7) is 4.77. The molecule has 0 aliphatic carbocycles. The van der Waals surface area contributed by atoms with Crippen molar-refractivity contribution in [2.75, 3.05) is 63.5 Å². The van der Waals surface area contributed by atoms with Crippen molar-refractivity contribution in [3.63, 3.8) is 0 Å². The first-order chi connectivity index (χ1) is 22.2. The van der Waals surface area contributed by atoms with Crippen LogP contribution in [0, 0.1) is 6.92 Å². The summed E-state index contributed by atoms with van der Waals surface area (Å²) in [4.78, 5) is 9.08. The Morgan fingerprint density at radius 1 is 0.532 bits per heavy atom. The fourth-order valence-electron chi connectivity index (χ4n) is 5.73. The average molecular weight is 659 g/mol. The fourth-order valence-corrected chi connectivity index (χ4v) is 6.99. The second-order valence-corrected chi connectivity index (χ2v) is 15.2. The minimum absolute atomic E-state index is 0.229. The van der Waals surface area contributed by atoms with E-state index in [0.29, 0.717) is 18.8 Å². The number of nitrogens with zero attached hydrogens (tertiary/aromatic N) is 4. The zero-order valence-electron chi connectivity index (χ0n) is 29.6. The number of hydrogen-bond acceptors (Lipinski definition) is 8. The van der Waals surface area contributed by atoms with Gasteiger partial charge in [0.15, 0.2) is 0 Å². The van der Waals surface area contributed by atoms with Gasteiger partial charge in [-0.15, -0.1) is 0 Å². The van der Waals surface area contributed by atoms with Gasteiger partial charge < -0.3 is 29.1 Å². The standard InChI is InChI=1S/C38H50N4O4S/c1-27-11-15-35(16-12-27)47(43,44)36-17-13-34(14-18-36)46-38-32(25-41(6)7)21-29(22-33(38)26-42(8)9)28-19-30(23-39(2)3)37(45-10)31(20-28)24-40(4)5/h11-22H,23-26H2,1-10H3. The normalized spacial score (nSPS) is 12.0. The van der Waals surface area contributed by atoms with E-state index in [2.05, 4.69) is 72.1 Å². The third-order valence-corrected chi connectivity index (χ3v) is 9.44. The molecule has 4 rings (SSSR count). The van der Waals surface area contributed by atoms with E-state index in [1.54, 1.807) is 43.5 Å². The highest BCUT2D eigenvalue weighted by molar-refractivity contribution is 7.91. The van der Waals surface area contributed by atoms with Gasteiger partial charge in [-0.05, 0) is 135 Å². The molecule has 0 spiro atoms. The van der Waals surface area contributed by atoms with Gasteiger partial charge in [0.25, 0.3) is 0 Å². The molecule has 0 N–H and O–H groups in total. The zero-order valence-corrected chi connectivity index (χ0v) is 30.4. The monoisotopic (exact) mass is 658 g/mol. The van der Waals surface area contributed by atoms with Crippen LogP contribution in [-0.2, 0) is 36.0 Å². The molecule has 0 heterocycles. The van der Waals surface area contributed by atoms with Gasteiger partial charge in [0.1, 0.15) is 17.2 Å². The Morgan fingerprint density at radius 2 is 0.872 bits per heavy atom. The lowest BCUT2D eigenvalue weighted by Crippen LogP contribution is -2.16. The Labute approximate surface area is 282 Å². The van der Waals surface area contributed by atoms with Crippen molar-refractivity contribution in [1.82, 2.24) is 19.6 Å². The summed E-state index contributed by atoms with van der Waals surface area (Å²) >= 11 is 0. The van der Waals surface area contributed by atoms with Crippen LogP contribution in [0.15, 0.2) is 82.6 Å². The maximum absolute atomic E-state index is 13.3. The number of rotatable bonds is 14. The summed E-state index contributed by atoms with van der Waals surface area (Å²) in [5.41, 5.74) is 7.59. The number of hydrogen-bond donors (Lipinski definition) is 0. The van der Waals surface area contributed by atoms with Crippen LogP contribution < -0.4 is 9.47 Å². The van der Waals surface area contributed by atoms with Crippen LogP contribution in [0.5, 0.6) is 17.2 Å². The van der Waals surface area contributed by atoms with Crippen molar-refractivity contribution in [2.45, 2.75) is 42.9 Å². The molecule has 0 aromatic heterocycles. The smallest absolute Gasteiger partial charge is 0.206 e. The van der Waals surface area contributed by atoms with Gasteiger partial charge in [-0.2, -0.15) is 0 Å². The van der Waals surface area contributed by atoms with E-state index in [9.17, 15) is 8.42 Å². The molecule has 0 aliphatic heterocycles. The van der Waals surface area contributed by atoms with E-state index < -0.39 is 9.84 Å². The Bertz CT molecular complexity index is 1700. The molecule has 0 bridgehead atoms. The molecular formula is C38H50N4O4S. The van der Waals surface area contributed by atoms with Crippen molar-refractivity contribution >= 4 is 9.84 Å². The summed E-state index contributed by atoms with van der Waals surface area (Å²) in [7, 11) is 14.6. The van der Waals surface area contributed by atoms with E-state index in [-0.39, 0.29) is 9.79 Å². The molecule has 0 amide bonds. The van der Waals surface area contributed by atoms with Crippen LogP contribution in [0.2, 0.25) is 0 Å². The number of ether oxygens (including phenoxy) is 2. The third-order valence-electron chi connectivity index (χ3n) is 7.65. The lowest BCUT2D eigenvalue weighted by Gasteiger charge is -2.23. The number of aryl methyl sites for hydroxylation is 1. The van der Waals surface area contributed by atoms with Crippen molar-refractivity contribution in [2.24, 2.45) is 0 Å². The first-order valence-electron chi connectivity index (χ1n) is 15.7. The van der Waals surface area contributed by atoms with Crippen LogP contribution in [0.25, 0.3) is 11.1 Å². The quantitative estimate of drug-likeness (QED) is 0.151. The van der Waals surface area contributed by atoms with Gasteiger partial charge in [0.05, 0.1) is 16.9 Å². The van der Waals surface area contributed by atoms with Gasteiger partial charge >= 0.3 is 0 Å². The highest BCUT2D eigenvalue weighted by Gasteiger charge is 2.21. The van der Waals surface area contributed by atoms with Crippen LogP contribution in [-0.4, -0.2) is 91.5 Å². The fraction of sp³-hybridized carbons (Fsp3) is 0.368. The zero-order chi connectivity index (χ0) is 34.5. The van der Waals surface area contributed by atoms with Crippen molar-refractivity contribution in [3.8, 4) is 28.4 Å².